The van der Waals surface area contributed by atoms with Gasteiger partial charge in [-0.1, -0.05) is 0 Å². The van der Waals surface area contributed by atoms with Gasteiger partial charge in [0.25, 0.3) is 0 Å². The summed E-state index contributed by atoms with van der Waals surface area (Å²) < 4.78 is 10.2. The number of aliphatic hydroxyl groups is 1. The highest BCUT2D eigenvalue weighted by atomic mass is 16.5. The predicted molar refractivity (Wildman–Crippen MR) is 50.7 cm³/mol. The quantitative estimate of drug-likeness (QED) is 0.610. The van der Waals surface area contributed by atoms with E-state index >= 15 is 0 Å². The zero-order valence-corrected chi connectivity index (χ0v) is 8.58. The Labute approximate surface area is 80.0 Å². The largest absolute Gasteiger partial charge is 0.393 e. The second-order valence-corrected chi connectivity index (χ2v) is 3.89. The third-order valence-electron chi connectivity index (χ3n) is 2.95. The first-order valence-electron chi connectivity index (χ1n) is 4.96. The van der Waals surface area contributed by atoms with Crippen LogP contribution < -0.4 is 0 Å². The van der Waals surface area contributed by atoms with Crippen molar-refractivity contribution < 1.29 is 14.6 Å². The summed E-state index contributed by atoms with van der Waals surface area (Å²) in [5.74, 6) is 0. The average Bonchev–Trinajstić information content (AvgIpc) is 2.85. The summed E-state index contributed by atoms with van der Waals surface area (Å²) in [6, 6.07) is 0. The van der Waals surface area contributed by atoms with Crippen LogP contribution in [0.2, 0.25) is 0 Å². The molecule has 0 radical (unpaired) electrons. The van der Waals surface area contributed by atoms with Crippen LogP contribution in [0, 0.1) is 5.41 Å². The highest BCUT2D eigenvalue weighted by molar-refractivity contribution is 4.96. The van der Waals surface area contributed by atoms with Gasteiger partial charge >= 0.3 is 0 Å². The summed E-state index contributed by atoms with van der Waals surface area (Å²) in [5, 5.41) is 9.47. The molecule has 1 fully saturated rings. The van der Waals surface area contributed by atoms with Crippen LogP contribution in [0.15, 0.2) is 0 Å². The lowest BCUT2D eigenvalue weighted by Gasteiger charge is -2.17. The molecule has 0 bridgehead atoms. The Morgan fingerprint density at radius 2 is 2.00 bits per heavy atom. The molecule has 0 saturated heterocycles. The normalized spacial score (nSPS) is 21.5. The Balaban J connectivity index is 1.99. The summed E-state index contributed by atoms with van der Waals surface area (Å²) in [6.45, 7) is 3.94. The topological polar surface area (TPSA) is 38.7 Å². The Bertz CT molecular complexity index is 141. The molecular formula is C10H20O3. The minimum atomic E-state index is -0.182. The van der Waals surface area contributed by atoms with Gasteiger partial charge < -0.3 is 14.6 Å². The summed E-state index contributed by atoms with van der Waals surface area (Å²) in [4.78, 5) is 0. The van der Waals surface area contributed by atoms with E-state index in [1.807, 2.05) is 6.92 Å². The number of methoxy groups -OCH3 is 1. The summed E-state index contributed by atoms with van der Waals surface area (Å²) in [7, 11) is 1.67. The van der Waals surface area contributed by atoms with Crippen molar-refractivity contribution in [2.75, 3.05) is 26.9 Å². The molecule has 0 aromatic carbocycles. The molecule has 1 rings (SSSR count). The summed E-state index contributed by atoms with van der Waals surface area (Å²) in [6.07, 6.45) is 3.10. The maximum atomic E-state index is 9.47. The third kappa shape index (κ3) is 3.25. The van der Waals surface area contributed by atoms with Crippen LogP contribution in [0.3, 0.4) is 0 Å². The van der Waals surface area contributed by atoms with Crippen LogP contribution >= 0.6 is 0 Å². The monoisotopic (exact) mass is 188 g/mol. The van der Waals surface area contributed by atoms with E-state index < -0.39 is 0 Å². The van der Waals surface area contributed by atoms with Crippen molar-refractivity contribution in [1.29, 1.82) is 0 Å². The highest BCUT2D eigenvalue weighted by Gasteiger charge is 2.46. The van der Waals surface area contributed by atoms with Crippen LogP contribution in [0.5, 0.6) is 0 Å². The van der Waals surface area contributed by atoms with Gasteiger partial charge in [-0.3, -0.25) is 0 Å². The van der Waals surface area contributed by atoms with Gasteiger partial charge in [-0.15, -0.1) is 0 Å². The van der Waals surface area contributed by atoms with Crippen LogP contribution in [0.4, 0.5) is 0 Å². The lowest BCUT2D eigenvalue weighted by molar-refractivity contribution is 0.0398. The molecule has 0 spiro atoms. The van der Waals surface area contributed by atoms with Gasteiger partial charge in [0.2, 0.25) is 0 Å². The molecule has 0 heterocycles. The van der Waals surface area contributed by atoms with Gasteiger partial charge in [0.05, 0.1) is 19.3 Å². The second kappa shape index (κ2) is 4.94. The lowest BCUT2D eigenvalue weighted by Crippen LogP contribution is -2.20. The van der Waals surface area contributed by atoms with Crippen molar-refractivity contribution in [1.82, 2.24) is 0 Å². The lowest BCUT2D eigenvalue weighted by atomic mass is 9.97. The highest BCUT2D eigenvalue weighted by Crippen LogP contribution is 2.51. The molecule has 1 atom stereocenters. The number of ether oxygens (including phenoxy) is 2. The van der Waals surface area contributed by atoms with E-state index in [4.69, 9.17) is 9.47 Å². The van der Waals surface area contributed by atoms with Crippen molar-refractivity contribution in [3.63, 3.8) is 0 Å². The van der Waals surface area contributed by atoms with Crippen molar-refractivity contribution in [3.05, 3.63) is 0 Å². The fourth-order valence-electron chi connectivity index (χ4n) is 1.56. The minimum absolute atomic E-state index is 0.182. The van der Waals surface area contributed by atoms with Crippen molar-refractivity contribution in [2.24, 2.45) is 5.41 Å². The number of rotatable bonds is 7. The molecule has 3 heteroatoms. The van der Waals surface area contributed by atoms with E-state index in [-0.39, 0.29) is 11.5 Å². The molecule has 0 amide bonds. The van der Waals surface area contributed by atoms with Gasteiger partial charge in [0.1, 0.15) is 0 Å². The molecule has 1 aliphatic rings. The maximum absolute atomic E-state index is 9.47. The van der Waals surface area contributed by atoms with Crippen LogP contribution in [0.25, 0.3) is 0 Å². The first-order valence-corrected chi connectivity index (χ1v) is 4.96. The van der Waals surface area contributed by atoms with E-state index in [2.05, 4.69) is 0 Å². The predicted octanol–water partition coefficient (Wildman–Crippen LogP) is 1.20. The smallest absolute Gasteiger partial charge is 0.0700 e. The Morgan fingerprint density at radius 1 is 1.31 bits per heavy atom. The van der Waals surface area contributed by atoms with Gasteiger partial charge in [-0.2, -0.15) is 0 Å². The fraction of sp³-hybridized carbons (Fsp3) is 1.00. The maximum Gasteiger partial charge on any atom is 0.0700 e. The van der Waals surface area contributed by atoms with Crippen LogP contribution in [-0.4, -0.2) is 38.1 Å². The molecule has 3 nitrogen and oxygen atoms in total. The first kappa shape index (κ1) is 11.0. The first-order chi connectivity index (χ1) is 6.21. The molecule has 1 aliphatic carbocycles. The SMILES string of the molecule is COCCOCCC1(C(C)O)CC1. The van der Waals surface area contributed by atoms with Gasteiger partial charge in [-0.25, -0.2) is 0 Å². The number of aliphatic hydroxyl groups excluding tert-OH is 1. The Hall–Kier alpha value is -0.120. The Kier molecular flexibility index (Phi) is 4.16. The second-order valence-electron chi connectivity index (χ2n) is 3.89. The third-order valence-corrected chi connectivity index (χ3v) is 2.95. The van der Waals surface area contributed by atoms with E-state index in [0.717, 1.165) is 25.9 Å². The van der Waals surface area contributed by atoms with Crippen molar-refractivity contribution in [2.45, 2.75) is 32.3 Å². The number of hydrogen-bond acceptors (Lipinski definition) is 3. The van der Waals surface area contributed by atoms with E-state index in [0.29, 0.717) is 13.2 Å². The fourth-order valence-corrected chi connectivity index (χ4v) is 1.56. The zero-order valence-electron chi connectivity index (χ0n) is 8.58. The molecule has 78 valence electrons. The van der Waals surface area contributed by atoms with E-state index in [1.165, 1.54) is 0 Å². The average molecular weight is 188 g/mol. The van der Waals surface area contributed by atoms with Crippen molar-refractivity contribution in [3.8, 4) is 0 Å². The van der Waals surface area contributed by atoms with E-state index in [1.54, 1.807) is 7.11 Å². The molecule has 0 aromatic heterocycles. The number of hydrogen-bond donors (Lipinski definition) is 1. The van der Waals surface area contributed by atoms with E-state index in [9.17, 15) is 5.11 Å². The van der Waals surface area contributed by atoms with Crippen LogP contribution in [0.1, 0.15) is 26.2 Å². The van der Waals surface area contributed by atoms with Gasteiger partial charge in [-0.05, 0) is 31.6 Å². The molecule has 1 N–H and O–H groups in total. The molecule has 13 heavy (non-hydrogen) atoms. The molecule has 0 aromatic rings. The minimum Gasteiger partial charge on any atom is -0.393 e. The Morgan fingerprint density at radius 3 is 2.46 bits per heavy atom. The standard InChI is InChI=1S/C10H20O3/c1-9(11)10(3-4-10)5-6-13-8-7-12-2/h9,11H,3-8H2,1-2H3. The van der Waals surface area contributed by atoms with Gasteiger partial charge in [0, 0.05) is 13.7 Å². The zero-order chi connectivity index (χ0) is 9.73. The molecule has 0 aliphatic heterocycles. The molecule has 1 saturated carbocycles. The molecule has 1 unspecified atom stereocenters. The van der Waals surface area contributed by atoms with Crippen LogP contribution in [-0.2, 0) is 9.47 Å². The van der Waals surface area contributed by atoms with Crippen molar-refractivity contribution >= 4 is 0 Å². The summed E-state index contributed by atoms with van der Waals surface area (Å²) in [5.41, 5.74) is 0.188. The van der Waals surface area contributed by atoms with Gasteiger partial charge in [0.15, 0.2) is 0 Å². The molecular weight excluding hydrogens is 168 g/mol. The summed E-state index contributed by atoms with van der Waals surface area (Å²) >= 11 is 0.